The molecule has 3 aliphatic rings. The van der Waals surface area contributed by atoms with Crippen LogP contribution in [0, 0.1) is 11.8 Å². The third-order valence-electron chi connectivity index (χ3n) is 6.77. The van der Waals surface area contributed by atoms with Crippen molar-refractivity contribution in [1.82, 2.24) is 24.1 Å². The lowest BCUT2D eigenvalue weighted by atomic mass is 9.98. The second-order valence-corrected chi connectivity index (χ2v) is 8.82. The minimum atomic E-state index is -0.184. The Morgan fingerprint density at radius 3 is 2.81 bits per heavy atom. The summed E-state index contributed by atoms with van der Waals surface area (Å²) >= 11 is 0. The van der Waals surface area contributed by atoms with E-state index in [1.54, 1.807) is 19.4 Å². The number of hydrogen-bond donors (Lipinski definition) is 0. The number of pyridine rings is 2. The highest BCUT2D eigenvalue weighted by Crippen LogP contribution is 2.38. The number of aromatic nitrogens is 4. The number of piperidine rings is 1. The molecule has 0 aromatic carbocycles. The van der Waals surface area contributed by atoms with Gasteiger partial charge in [-0.1, -0.05) is 0 Å². The Balaban J connectivity index is 1.31. The molecule has 160 valence electrons. The molecule has 1 saturated carbocycles. The molecule has 9 heteroatoms. The van der Waals surface area contributed by atoms with E-state index in [1.807, 2.05) is 28.0 Å². The van der Waals surface area contributed by atoms with E-state index in [0.29, 0.717) is 47.8 Å². The predicted molar refractivity (Wildman–Crippen MR) is 114 cm³/mol. The number of anilines is 2. The molecule has 0 spiro atoms. The fourth-order valence-electron chi connectivity index (χ4n) is 5.26. The molecule has 9 nitrogen and oxygen atoms in total. The lowest BCUT2D eigenvalue weighted by molar-refractivity contribution is 0.0661. The van der Waals surface area contributed by atoms with Crippen LogP contribution in [0.2, 0.25) is 0 Å². The maximum atomic E-state index is 13.1. The van der Waals surface area contributed by atoms with Crippen molar-refractivity contribution in [2.75, 3.05) is 31.1 Å². The SMILES string of the molecule is Cn1nc2cc(N3CCOc4cc(C(=O)N5C[C@@H]6CC[C@@H](C6)C5)cnc43)ccn2c1=O. The Kier molecular flexibility index (Phi) is 4.06. The van der Waals surface area contributed by atoms with Gasteiger partial charge in [-0.3, -0.25) is 9.20 Å². The van der Waals surface area contributed by atoms with E-state index in [0.717, 1.165) is 18.8 Å². The number of fused-ring (bicyclic) bond motifs is 4. The zero-order valence-electron chi connectivity index (χ0n) is 17.4. The normalized spacial score (nSPS) is 22.5. The smallest absolute Gasteiger partial charge is 0.350 e. The van der Waals surface area contributed by atoms with Crippen LogP contribution in [0.25, 0.3) is 5.65 Å². The number of amides is 1. The van der Waals surface area contributed by atoms with E-state index in [-0.39, 0.29) is 11.6 Å². The number of rotatable bonds is 2. The molecule has 2 fully saturated rings. The van der Waals surface area contributed by atoms with Gasteiger partial charge in [0.05, 0.1) is 12.1 Å². The molecule has 1 aliphatic carbocycles. The van der Waals surface area contributed by atoms with Gasteiger partial charge in [0, 0.05) is 44.3 Å². The molecule has 3 aromatic rings. The summed E-state index contributed by atoms with van der Waals surface area (Å²) in [5, 5.41) is 4.27. The van der Waals surface area contributed by atoms with E-state index >= 15 is 0 Å². The molecule has 1 amide bonds. The molecular formula is C22H24N6O3. The average molecular weight is 420 g/mol. The van der Waals surface area contributed by atoms with Crippen LogP contribution in [0.1, 0.15) is 29.6 Å². The van der Waals surface area contributed by atoms with Crippen LogP contribution in [-0.2, 0) is 7.05 Å². The highest BCUT2D eigenvalue weighted by atomic mass is 16.5. The van der Waals surface area contributed by atoms with Gasteiger partial charge in [0.25, 0.3) is 5.91 Å². The second kappa shape index (κ2) is 6.83. The first-order valence-electron chi connectivity index (χ1n) is 10.8. The van der Waals surface area contributed by atoms with Gasteiger partial charge in [0.15, 0.2) is 17.2 Å². The van der Waals surface area contributed by atoms with Crippen LogP contribution >= 0.6 is 0 Å². The predicted octanol–water partition coefficient (Wildman–Crippen LogP) is 1.83. The van der Waals surface area contributed by atoms with Crippen molar-refractivity contribution in [3.63, 3.8) is 0 Å². The Labute approximate surface area is 178 Å². The van der Waals surface area contributed by atoms with E-state index in [2.05, 4.69) is 10.1 Å². The summed E-state index contributed by atoms with van der Waals surface area (Å²) in [6, 6.07) is 5.55. The molecule has 2 bridgehead atoms. The number of carbonyl (C=O) groups is 1. The monoisotopic (exact) mass is 420 g/mol. The van der Waals surface area contributed by atoms with Gasteiger partial charge in [-0.05, 0) is 43.2 Å². The number of carbonyl (C=O) groups excluding carboxylic acids is 1. The summed E-state index contributed by atoms with van der Waals surface area (Å²) in [7, 11) is 1.63. The molecule has 1 saturated heterocycles. The summed E-state index contributed by atoms with van der Waals surface area (Å²) in [5.74, 6) is 2.62. The molecule has 0 N–H and O–H groups in total. The zero-order chi connectivity index (χ0) is 21.1. The molecule has 5 heterocycles. The molecule has 0 radical (unpaired) electrons. The Morgan fingerprint density at radius 2 is 2.00 bits per heavy atom. The number of hydrogen-bond acceptors (Lipinski definition) is 6. The second-order valence-electron chi connectivity index (χ2n) is 8.82. The van der Waals surface area contributed by atoms with E-state index in [1.165, 1.54) is 28.3 Å². The van der Waals surface area contributed by atoms with Crippen molar-refractivity contribution in [1.29, 1.82) is 0 Å². The Bertz CT molecular complexity index is 1240. The fourth-order valence-corrected chi connectivity index (χ4v) is 5.26. The molecule has 31 heavy (non-hydrogen) atoms. The van der Waals surface area contributed by atoms with Gasteiger partial charge in [-0.2, -0.15) is 5.10 Å². The topological polar surface area (TPSA) is 85.0 Å². The van der Waals surface area contributed by atoms with E-state index in [9.17, 15) is 9.59 Å². The van der Waals surface area contributed by atoms with Gasteiger partial charge in [-0.25, -0.2) is 14.5 Å². The molecule has 6 rings (SSSR count). The first kappa shape index (κ1) is 18.4. The summed E-state index contributed by atoms with van der Waals surface area (Å²) < 4.78 is 8.69. The minimum absolute atomic E-state index is 0.0434. The van der Waals surface area contributed by atoms with E-state index in [4.69, 9.17) is 4.74 Å². The highest BCUT2D eigenvalue weighted by molar-refractivity contribution is 5.95. The maximum Gasteiger partial charge on any atom is 0.350 e. The molecule has 2 aliphatic heterocycles. The van der Waals surface area contributed by atoms with Crippen LogP contribution < -0.4 is 15.3 Å². The van der Waals surface area contributed by atoms with Gasteiger partial charge in [-0.15, -0.1) is 0 Å². The van der Waals surface area contributed by atoms with Crippen LogP contribution in [0.5, 0.6) is 5.75 Å². The molecule has 0 unspecified atom stereocenters. The van der Waals surface area contributed by atoms with Gasteiger partial charge >= 0.3 is 5.69 Å². The molecule has 3 aromatic heterocycles. The minimum Gasteiger partial charge on any atom is -0.488 e. The van der Waals surface area contributed by atoms with Gasteiger partial charge < -0.3 is 14.5 Å². The van der Waals surface area contributed by atoms with Crippen LogP contribution in [-0.4, -0.2) is 56.2 Å². The Morgan fingerprint density at radius 1 is 1.19 bits per heavy atom. The van der Waals surface area contributed by atoms with Crippen LogP contribution in [0.3, 0.4) is 0 Å². The molecular weight excluding hydrogens is 396 g/mol. The first-order valence-corrected chi connectivity index (χ1v) is 10.8. The van der Waals surface area contributed by atoms with Crippen molar-refractivity contribution in [2.45, 2.75) is 19.3 Å². The van der Waals surface area contributed by atoms with Gasteiger partial charge in [0.2, 0.25) is 0 Å². The van der Waals surface area contributed by atoms with Crippen molar-refractivity contribution in [3.05, 3.63) is 46.6 Å². The lowest BCUT2D eigenvalue weighted by Crippen LogP contribution is -2.41. The van der Waals surface area contributed by atoms with Gasteiger partial charge in [0.1, 0.15) is 6.61 Å². The third-order valence-corrected chi connectivity index (χ3v) is 6.77. The van der Waals surface area contributed by atoms with Crippen molar-refractivity contribution >= 4 is 23.1 Å². The zero-order valence-corrected chi connectivity index (χ0v) is 17.4. The highest BCUT2D eigenvalue weighted by Gasteiger charge is 2.35. The lowest BCUT2D eigenvalue weighted by Gasteiger charge is -2.33. The summed E-state index contributed by atoms with van der Waals surface area (Å²) in [6.45, 7) is 2.81. The average Bonchev–Trinajstić information content (AvgIpc) is 3.28. The first-order chi connectivity index (χ1) is 15.1. The standard InChI is InChI=1S/C22H24N6O3/c1-25-22(30)28-5-4-17(10-19(28)24-25)27-6-7-31-18-9-16(11-23-20(18)27)21(29)26-12-14-2-3-15(8-14)13-26/h4-5,9-11,14-15H,2-3,6-8,12-13H2,1H3/t14-,15+. The Hall–Kier alpha value is -3.36. The van der Waals surface area contributed by atoms with Crippen molar-refractivity contribution < 1.29 is 9.53 Å². The summed E-state index contributed by atoms with van der Waals surface area (Å²) in [4.78, 5) is 33.8. The maximum absolute atomic E-state index is 13.1. The summed E-state index contributed by atoms with van der Waals surface area (Å²) in [5.41, 5.74) is 1.84. The number of ether oxygens (including phenoxy) is 1. The van der Waals surface area contributed by atoms with Crippen molar-refractivity contribution in [3.8, 4) is 5.75 Å². The van der Waals surface area contributed by atoms with Crippen LogP contribution in [0.4, 0.5) is 11.5 Å². The quantitative estimate of drug-likeness (QED) is 0.629. The molecule has 2 atom stereocenters. The van der Waals surface area contributed by atoms with E-state index < -0.39 is 0 Å². The number of nitrogens with zero attached hydrogens (tertiary/aromatic N) is 6. The van der Waals surface area contributed by atoms with Crippen molar-refractivity contribution in [2.24, 2.45) is 18.9 Å². The number of likely N-dealkylation sites (tertiary alicyclic amines) is 1. The number of aryl methyl sites for hydroxylation is 1. The van der Waals surface area contributed by atoms with Crippen LogP contribution in [0.15, 0.2) is 35.4 Å². The fraction of sp³-hybridized carbons (Fsp3) is 0.455. The summed E-state index contributed by atoms with van der Waals surface area (Å²) in [6.07, 6.45) is 7.11. The largest absolute Gasteiger partial charge is 0.488 e. The third kappa shape index (κ3) is 2.98.